The summed E-state index contributed by atoms with van der Waals surface area (Å²) in [6.45, 7) is 4.62. The molecule has 1 aliphatic rings. The van der Waals surface area contributed by atoms with E-state index < -0.39 is 0 Å². The molecule has 1 unspecified atom stereocenters. The van der Waals surface area contributed by atoms with E-state index in [2.05, 4.69) is 24.1 Å². The molecule has 0 radical (unpaired) electrons. The van der Waals surface area contributed by atoms with Crippen molar-refractivity contribution in [3.63, 3.8) is 0 Å². The Morgan fingerprint density at radius 3 is 2.94 bits per heavy atom. The average molecular weight is 249 g/mol. The van der Waals surface area contributed by atoms with E-state index in [1.54, 1.807) is 12.4 Å². The van der Waals surface area contributed by atoms with E-state index in [1.807, 2.05) is 6.07 Å². The first kappa shape index (κ1) is 12.3. The van der Waals surface area contributed by atoms with Gasteiger partial charge in [-0.1, -0.05) is 26.1 Å². The number of nitrogens with one attached hydrogen (secondary N) is 1. The second-order valence-corrected chi connectivity index (χ2v) is 5.97. The van der Waals surface area contributed by atoms with Gasteiger partial charge >= 0.3 is 0 Å². The molecule has 1 heterocycles. The summed E-state index contributed by atoms with van der Waals surface area (Å²) in [4.78, 5) is 4.55. The normalized spacial score (nSPS) is 22.4. The topological polar surface area (TPSA) is 50.9 Å². The van der Waals surface area contributed by atoms with Crippen molar-refractivity contribution >= 4 is 22.9 Å². The molecule has 0 aromatic carbocycles. The maximum Gasteiger partial charge on any atom is 0.106 e. The zero-order valence-corrected chi connectivity index (χ0v) is 11.2. The quantitative estimate of drug-likeness (QED) is 0.809. The zero-order chi connectivity index (χ0) is 12.5. The van der Waals surface area contributed by atoms with Gasteiger partial charge in [-0.15, -0.1) is 0 Å². The summed E-state index contributed by atoms with van der Waals surface area (Å²) in [6, 6.07) is 2.37. The van der Waals surface area contributed by atoms with Crippen LogP contribution in [0.2, 0.25) is 0 Å². The fraction of sp³-hybridized carbons (Fsp3) is 0.538. The Morgan fingerprint density at radius 2 is 2.35 bits per heavy atom. The molecule has 0 spiro atoms. The van der Waals surface area contributed by atoms with E-state index in [0.29, 0.717) is 16.4 Å². The van der Waals surface area contributed by atoms with Gasteiger partial charge in [0.25, 0.3) is 0 Å². The molecule has 92 valence electrons. The van der Waals surface area contributed by atoms with E-state index in [0.717, 1.165) is 11.3 Å². The molecule has 0 aliphatic heterocycles. The highest BCUT2D eigenvalue weighted by Crippen LogP contribution is 2.38. The minimum absolute atomic E-state index is 0.423. The molecule has 2 rings (SSSR count). The van der Waals surface area contributed by atoms with Crippen LogP contribution in [0.3, 0.4) is 0 Å². The third kappa shape index (κ3) is 2.94. The van der Waals surface area contributed by atoms with Crippen molar-refractivity contribution in [2.24, 2.45) is 11.1 Å². The maximum absolute atomic E-state index is 5.71. The van der Waals surface area contributed by atoms with Gasteiger partial charge in [0, 0.05) is 17.8 Å². The Balaban J connectivity index is 2.12. The van der Waals surface area contributed by atoms with Crippen molar-refractivity contribution in [2.75, 3.05) is 5.32 Å². The molecule has 1 atom stereocenters. The molecule has 1 aromatic rings. The van der Waals surface area contributed by atoms with Crippen LogP contribution in [0.1, 0.15) is 38.7 Å². The Hall–Kier alpha value is -1.16. The number of anilines is 1. The predicted molar refractivity (Wildman–Crippen MR) is 75.2 cm³/mol. The largest absolute Gasteiger partial charge is 0.389 e. The maximum atomic E-state index is 5.71. The highest BCUT2D eigenvalue weighted by molar-refractivity contribution is 7.80. The van der Waals surface area contributed by atoms with Gasteiger partial charge in [-0.2, -0.15) is 0 Å². The second-order valence-electron chi connectivity index (χ2n) is 5.53. The minimum atomic E-state index is 0.423. The van der Waals surface area contributed by atoms with Gasteiger partial charge in [0.2, 0.25) is 0 Å². The third-order valence-corrected chi connectivity index (χ3v) is 3.63. The van der Waals surface area contributed by atoms with Crippen molar-refractivity contribution in [2.45, 2.75) is 39.2 Å². The van der Waals surface area contributed by atoms with Gasteiger partial charge in [-0.3, -0.25) is 4.98 Å². The van der Waals surface area contributed by atoms with Crippen molar-refractivity contribution in [1.29, 1.82) is 0 Å². The number of aromatic nitrogens is 1. The smallest absolute Gasteiger partial charge is 0.106 e. The summed E-state index contributed by atoms with van der Waals surface area (Å²) in [7, 11) is 0. The van der Waals surface area contributed by atoms with Crippen LogP contribution < -0.4 is 11.1 Å². The number of hydrogen-bond acceptors (Lipinski definition) is 3. The third-order valence-electron chi connectivity index (χ3n) is 3.41. The molecule has 4 heteroatoms. The number of rotatable bonds is 3. The average Bonchev–Trinajstić information content (AvgIpc) is 2.58. The monoisotopic (exact) mass is 249 g/mol. The molecular formula is C13H19N3S. The molecule has 3 nitrogen and oxygen atoms in total. The lowest BCUT2D eigenvalue weighted by Gasteiger charge is -2.19. The molecule has 3 N–H and O–H groups in total. The second kappa shape index (κ2) is 4.61. The van der Waals surface area contributed by atoms with E-state index in [9.17, 15) is 0 Å². The van der Waals surface area contributed by atoms with Crippen LogP contribution in [-0.4, -0.2) is 16.0 Å². The molecule has 1 saturated carbocycles. The fourth-order valence-electron chi connectivity index (χ4n) is 2.50. The summed E-state index contributed by atoms with van der Waals surface area (Å²) >= 11 is 5.05. The van der Waals surface area contributed by atoms with Crippen molar-refractivity contribution in [1.82, 2.24) is 4.98 Å². The first-order chi connectivity index (χ1) is 7.98. The molecule has 0 saturated heterocycles. The van der Waals surface area contributed by atoms with Gasteiger partial charge in [-0.05, 0) is 30.7 Å². The van der Waals surface area contributed by atoms with E-state index >= 15 is 0 Å². The highest BCUT2D eigenvalue weighted by atomic mass is 32.1. The Morgan fingerprint density at radius 1 is 1.59 bits per heavy atom. The molecule has 1 aliphatic carbocycles. The number of thiocarbonyl (C=S) groups is 1. The summed E-state index contributed by atoms with van der Waals surface area (Å²) in [5.74, 6) is 0. The van der Waals surface area contributed by atoms with Crippen LogP contribution in [0.5, 0.6) is 0 Å². The van der Waals surface area contributed by atoms with Crippen molar-refractivity contribution in [3.8, 4) is 0 Å². The lowest BCUT2D eigenvalue weighted by Crippen LogP contribution is -2.21. The summed E-state index contributed by atoms with van der Waals surface area (Å²) < 4.78 is 0. The minimum Gasteiger partial charge on any atom is -0.389 e. The van der Waals surface area contributed by atoms with Crippen LogP contribution in [-0.2, 0) is 0 Å². The van der Waals surface area contributed by atoms with Gasteiger partial charge in [0.1, 0.15) is 4.99 Å². The Bertz CT molecular complexity index is 428. The van der Waals surface area contributed by atoms with Gasteiger partial charge in [-0.25, -0.2) is 0 Å². The van der Waals surface area contributed by atoms with Gasteiger partial charge in [0.15, 0.2) is 0 Å². The lowest BCUT2D eigenvalue weighted by atomic mass is 9.92. The SMILES string of the molecule is CC1(C)CCC(Nc2cnccc2C(N)=S)C1. The number of hydrogen-bond donors (Lipinski definition) is 2. The first-order valence-corrected chi connectivity index (χ1v) is 6.39. The molecule has 1 fully saturated rings. The lowest BCUT2D eigenvalue weighted by molar-refractivity contribution is 0.378. The molecule has 17 heavy (non-hydrogen) atoms. The molecule has 1 aromatic heterocycles. The Labute approximate surface area is 108 Å². The van der Waals surface area contributed by atoms with Crippen molar-refractivity contribution < 1.29 is 0 Å². The van der Waals surface area contributed by atoms with E-state index in [-0.39, 0.29) is 0 Å². The van der Waals surface area contributed by atoms with Gasteiger partial charge < -0.3 is 11.1 Å². The van der Waals surface area contributed by atoms with Crippen LogP contribution in [0.15, 0.2) is 18.5 Å². The number of nitrogens with two attached hydrogens (primary N) is 1. The van der Waals surface area contributed by atoms with Crippen LogP contribution in [0.25, 0.3) is 0 Å². The van der Waals surface area contributed by atoms with Crippen LogP contribution in [0.4, 0.5) is 5.69 Å². The number of pyridine rings is 1. The fourth-order valence-corrected chi connectivity index (χ4v) is 2.68. The van der Waals surface area contributed by atoms with Crippen LogP contribution >= 0.6 is 12.2 Å². The summed E-state index contributed by atoms with van der Waals surface area (Å²) in [5.41, 5.74) is 7.99. The van der Waals surface area contributed by atoms with E-state index in [1.165, 1.54) is 19.3 Å². The van der Waals surface area contributed by atoms with E-state index in [4.69, 9.17) is 18.0 Å². The van der Waals surface area contributed by atoms with Gasteiger partial charge in [0.05, 0.1) is 11.9 Å². The van der Waals surface area contributed by atoms with Crippen LogP contribution in [0, 0.1) is 5.41 Å². The Kier molecular flexibility index (Phi) is 3.33. The first-order valence-electron chi connectivity index (χ1n) is 5.98. The standard InChI is InChI=1S/C13H19N3S/c1-13(2)5-3-9(7-13)16-11-8-15-6-4-10(11)12(14)17/h4,6,8-9,16H,3,5,7H2,1-2H3,(H2,14,17). The predicted octanol–water partition coefficient (Wildman–Crippen LogP) is 2.71. The summed E-state index contributed by atoms with van der Waals surface area (Å²) in [6.07, 6.45) is 7.16. The molecule has 0 amide bonds. The highest BCUT2D eigenvalue weighted by Gasteiger charge is 2.31. The zero-order valence-electron chi connectivity index (χ0n) is 10.4. The molecular weight excluding hydrogens is 230 g/mol. The molecule has 0 bridgehead atoms. The van der Waals surface area contributed by atoms with Crippen molar-refractivity contribution in [3.05, 3.63) is 24.0 Å². The number of nitrogens with zero attached hydrogens (tertiary/aromatic N) is 1. The summed E-state index contributed by atoms with van der Waals surface area (Å²) in [5, 5.41) is 3.52.